The molecule has 2 N–H and O–H groups in total. The topological polar surface area (TPSA) is 68.3 Å². The third-order valence-corrected chi connectivity index (χ3v) is 4.04. The van der Waals surface area contributed by atoms with Gasteiger partial charge in [0.05, 0.1) is 13.7 Å². The minimum atomic E-state index is -0.223. The number of nitrogens with one attached hydrogen (secondary N) is 2. The van der Waals surface area contributed by atoms with E-state index in [1.54, 1.807) is 17.9 Å². The number of hydrogen-bond acceptors (Lipinski definition) is 4. The average molecular weight is 369 g/mol. The van der Waals surface area contributed by atoms with Gasteiger partial charge in [-0.3, -0.25) is 9.36 Å². The Kier molecular flexibility index (Phi) is 5.70. The molecule has 0 radical (unpaired) electrons. The third kappa shape index (κ3) is 4.12. The Morgan fingerprint density at radius 3 is 2.50 bits per heavy atom. The molecule has 0 aliphatic heterocycles. The molecule has 0 spiro atoms. The quantitative estimate of drug-likeness (QED) is 0.495. The normalized spacial score (nSPS) is 10.3. The largest absolute Gasteiger partial charge is 0.497 e. The number of ether oxygens (including phenoxy) is 2. The van der Waals surface area contributed by atoms with Gasteiger partial charge in [0.15, 0.2) is 4.77 Å². The van der Waals surface area contributed by atoms with Crippen LogP contribution < -0.4 is 14.8 Å². The van der Waals surface area contributed by atoms with E-state index in [9.17, 15) is 4.79 Å². The van der Waals surface area contributed by atoms with Crippen LogP contribution in [0.15, 0.2) is 60.8 Å². The first-order valence-electron chi connectivity index (χ1n) is 8.10. The predicted octanol–water partition coefficient (Wildman–Crippen LogP) is 3.35. The summed E-state index contributed by atoms with van der Waals surface area (Å²) < 4.78 is 12.9. The van der Waals surface area contributed by atoms with Crippen molar-refractivity contribution in [3.05, 3.63) is 71.3 Å². The van der Waals surface area contributed by atoms with E-state index in [1.807, 2.05) is 54.6 Å². The van der Waals surface area contributed by atoms with Crippen molar-refractivity contribution >= 4 is 18.1 Å². The highest BCUT2D eigenvalue weighted by atomic mass is 32.1. The van der Waals surface area contributed by atoms with Crippen molar-refractivity contribution in [3.8, 4) is 17.2 Å². The summed E-state index contributed by atoms with van der Waals surface area (Å²) in [6.07, 6.45) is 1.61. The van der Waals surface area contributed by atoms with Crippen molar-refractivity contribution in [1.82, 2.24) is 14.9 Å². The minimum absolute atomic E-state index is 0.223. The van der Waals surface area contributed by atoms with Gasteiger partial charge in [0, 0.05) is 11.9 Å². The van der Waals surface area contributed by atoms with Crippen LogP contribution in [0.5, 0.6) is 11.5 Å². The Morgan fingerprint density at radius 2 is 1.81 bits per heavy atom. The second-order valence-corrected chi connectivity index (χ2v) is 5.82. The number of hydrogen-bond donors (Lipinski definition) is 2. The molecule has 2 aromatic carbocycles. The van der Waals surface area contributed by atoms with Gasteiger partial charge in [-0.15, -0.1) is 0 Å². The average Bonchev–Trinajstić information content (AvgIpc) is 3.08. The predicted molar refractivity (Wildman–Crippen MR) is 102 cm³/mol. The summed E-state index contributed by atoms with van der Waals surface area (Å²) in [4.78, 5) is 15.4. The number of aromatic amines is 1. The van der Waals surface area contributed by atoms with Gasteiger partial charge in [-0.1, -0.05) is 18.2 Å². The number of rotatable bonds is 7. The summed E-state index contributed by atoms with van der Waals surface area (Å²) in [5.74, 6) is 1.26. The Balaban J connectivity index is 1.58. The van der Waals surface area contributed by atoms with Gasteiger partial charge < -0.3 is 19.8 Å². The summed E-state index contributed by atoms with van der Waals surface area (Å²) in [5.41, 5.74) is 1.28. The zero-order valence-corrected chi connectivity index (χ0v) is 15.1. The fourth-order valence-corrected chi connectivity index (χ4v) is 2.73. The zero-order valence-electron chi connectivity index (χ0n) is 14.3. The summed E-state index contributed by atoms with van der Waals surface area (Å²) in [5, 5.41) is 2.84. The van der Waals surface area contributed by atoms with Crippen LogP contribution in [0.25, 0.3) is 5.69 Å². The van der Waals surface area contributed by atoms with Crippen molar-refractivity contribution < 1.29 is 14.3 Å². The lowest BCUT2D eigenvalue weighted by Gasteiger charge is -2.10. The van der Waals surface area contributed by atoms with Crippen molar-refractivity contribution in [2.45, 2.75) is 0 Å². The van der Waals surface area contributed by atoms with E-state index in [2.05, 4.69) is 10.3 Å². The van der Waals surface area contributed by atoms with E-state index in [0.29, 0.717) is 29.4 Å². The van der Waals surface area contributed by atoms with Gasteiger partial charge in [0.25, 0.3) is 5.91 Å². The molecule has 1 amide bonds. The number of methoxy groups -OCH3 is 1. The van der Waals surface area contributed by atoms with E-state index in [4.69, 9.17) is 21.7 Å². The Morgan fingerprint density at radius 1 is 1.12 bits per heavy atom. The Labute approximate surface area is 156 Å². The highest BCUT2D eigenvalue weighted by Crippen LogP contribution is 2.16. The number of amides is 1. The molecule has 7 heteroatoms. The molecule has 0 unspecified atom stereocenters. The highest BCUT2D eigenvalue weighted by Gasteiger charge is 2.13. The van der Waals surface area contributed by atoms with Crippen LogP contribution in [0.3, 0.4) is 0 Å². The van der Waals surface area contributed by atoms with Crippen molar-refractivity contribution in [3.63, 3.8) is 0 Å². The molecule has 0 aliphatic rings. The van der Waals surface area contributed by atoms with Crippen LogP contribution in [0.1, 0.15) is 10.5 Å². The molecular formula is C19H19N3O3S. The molecule has 0 saturated heterocycles. The van der Waals surface area contributed by atoms with E-state index >= 15 is 0 Å². The molecule has 134 valence electrons. The lowest BCUT2D eigenvalue weighted by atomic mass is 10.3. The van der Waals surface area contributed by atoms with Gasteiger partial charge in [-0.2, -0.15) is 0 Å². The van der Waals surface area contributed by atoms with Crippen LogP contribution >= 0.6 is 12.2 Å². The molecule has 1 aromatic heterocycles. The number of carbonyl (C=O) groups is 1. The molecule has 26 heavy (non-hydrogen) atoms. The van der Waals surface area contributed by atoms with Crippen LogP contribution in [-0.2, 0) is 0 Å². The van der Waals surface area contributed by atoms with Crippen molar-refractivity contribution in [2.24, 2.45) is 0 Å². The minimum Gasteiger partial charge on any atom is -0.497 e. The fourth-order valence-electron chi connectivity index (χ4n) is 2.47. The number of imidazole rings is 1. The monoisotopic (exact) mass is 369 g/mol. The molecule has 0 saturated carbocycles. The second-order valence-electron chi connectivity index (χ2n) is 5.43. The smallest absolute Gasteiger partial charge is 0.269 e. The van der Waals surface area contributed by atoms with Crippen molar-refractivity contribution in [2.75, 3.05) is 20.3 Å². The SMILES string of the molecule is COc1ccc(OCCNC(=O)c2c[nH]c(=S)n2-c2ccccc2)cc1. The standard InChI is InChI=1S/C19H19N3O3S/c1-24-15-7-9-16(10-8-15)25-12-11-20-18(23)17-13-21-19(26)22(17)14-5-3-2-4-6-14/h2-10,13H,11-12H2,1H3,(H,20,23)(H,21,26). The number of nitrogens with zero attached hydrogens (tertiary/aromatic N) is 1. The first kappa shape index (κ1) is 17.8. The summed E-state index contributed by atoms with van der Waals surface area (Å²) in [6, 6.07) is 16.8. The van der Waals surface area contributed by atoms with Gasteiger partial charge in [-0.05, 0) is 48.6 Å². The van der Waals surface area contributed by atoms with E-state index in [0.717, 1.165) is 11.4 Å². The van der Waals surface area contributed by atoms with Gasteiger partial charge >= 0.3 is 0 Å². The Bertz CT molecular complexity index is 917. The van der Waals surface area contributed by atoms with E-state index in [-0.39, 0.29) is 5.91 Å². The summed E-state index contributed by atoms with van der Waals surface area (Å²) in [6.45, 7) is 0.728. The molecular weight excluding hydrogens is 350 g/mol. The van der Waals surface area contributed by atoms with E-state index in [1.165, 1.54) is 0 Å². The third-order valence-electron chi connectivity index (χ3n) is 3.74. The summed E-state index contributed by atoms with van der Waals surface area (Å²) >= 11 is 5.29. The number of H-pyrrole nitrogens is 1. The molecule has 3 aromatic rings. The number of aromatic nitrogens is 2. The second kappa shape index (κ2) is 8.35. The first-order valence-corrected chi connectivity index (χ1v) is 8.51. The maximum atomic E-state index is 12.5. The zero-order chi connectivity index (χ0) is 18.4. The van der Waals surface area contributed by atoms with Crippen LogP contribution in [0, 0.1) is 4.77 Å². The van der Waals surface area contributed by atoms with Gasteiger partial charge in [0.1, 0.15) is 23.8 Å². The maximum Gasteiger partial charge on any atom is 0.269 e. The van der Waals surface area contributed by atoms with Crippen molar-refractivity contribution in [1.29, 1.82) is 0 Å². The van der Waals surface area contributed by atoms with Crippen LogP contribution in [0.2, 0.25) is 0 Å². The van der Waals surface area contributed by atoms with Crippen LogP contribution in [-0.4, -0.2) is 35.7 Å². The summed E-state index contributed by atoms with van der Waals surface area (Å²) in [7, 11) is 1.61. The van der Waals surface area contributed by atoms with E-state index < -0.39 is 0 Å². The van der Waals surface area contributed by atoms with Gasteiger partial charge in [0.2, 0.25) is 0 Å². The van der Waals surface area contributed by atoms with Crippen LogP contribution in [0.4, 0.5) is 0 Å². The molecule has 0 bridgehead atoms. The van der Waals surface area contributed by atoms with Gasteiger partial charge in [-0.25, -0.2) is 0 Å². The number of para-hydroxylation sites is 1. The molecule has 1 heterocycles. The molecule has 6 nitrogen and oxygen atoms in total. The highest BCUT2D eigenvalue weighted by molar-refractivity contribution is 7.71. The molecule has 0 aliphatic carbocycles. The molecule has 0 atom stereocenters. The number of carbonyl (C=O) groups excluding carboxylic acids is 1. The Hall–Kier alpha value is -3.06. The molecule has 0 fully saturated rings. The first-order chi connectivity index (χ1) is 12.7. The molecule has 3 rings (SSSR count). The lowest BCUT2D eigenvalue weighted by molar-refractivity contribution is 0.0940. The number of benzene rings is 2. The fraction of sp³-hybridized carbons (Fsp3) is 0.158. The maximum absolute atomic E-state index is 12.5. The lowest BCUT2D eigenvalue weighted by Crippen LogP contribution is -2.29.